The first-order valence-electron chi connectivity index (χ1n) is 9.01. The summed E-state index contributed by atoms with van der Waals surface area (Å²) in [5.41, 5.74) is 2.00. The Morgan fingerprint density at radius 1 is 1.20 bits per heavy atom. The Bertz CT molecular complexity index is 747. The first-order chi connectivity index (χ1) is 12.1. The molecule has 0 aromatic carbocycles. The van der Waals surface area contributed by atoms with E-state index >= 15 is 0 Å². The van der Waals surface area contributed by atoms with Crippen molar-refractivity contribution < 1.29 is 9.84 Å². The lowest BCUT2D eigenvalue weighted by atomic mass is 9.89. The predicted octanol–water partition coefficient (Wildman–Crippen LogP) is 1.65. The summed E-state index contributed by atoms with van der Waals surface area (Å²) in [7, 11) is 0. The lowest BCUT2D eigenvalue weighted by Gasteiger charge is -2.37. The Morgan fingerprint density at radius 2 is 2.04 bits per heavy atom. The first kappa shape index (κ1) is 16.5. The Kier molecular flexibility index (Phi) is 4.43. The highest BCUT2D eigenvalue weighted by molar-refractivity contribution is 5.42. The number of aryl methyl sites for hydroxylation is 2. The van der Waals surface area contributed by atoms with Crippen LogP contribution in [-0.4, -0.2) is 56.8 Å². The standard InChI is InChI=1S/C18H25N5O2/c1-12-8-13(2)23(21-12)18-10-19-9-17(20-18)22-6-3-4-15(22)14-11-25-7-5-16(14)24/h8-10,14-16,24H,3-7,11H2,1-2H3/t14-,15-,16-/m1/s1. The zero-order valence-electron chi connectivity index (χ0n) is 14.8. The maximum Gasteiger partial charge on any atom is 0.174 e. The van der Waals surface area contributed by atoms with Crippen molar-refractivity contribution in [3.63, 3.8) is 0 Å². The number of rotatable bonds is 3. The van der Waals surface area contributed by atoms with Gasteiger partial charge < -0.3 is 14.7 Å². The number of anilines is 1. The number of ether oxygens (including phenoxy) is 1. The SMILES string of the molecule is Cc1cc(C)n(-c2cncc(N3CCC[C@@H]3[C@H]3COCC[C@H]3O)n2)n1. The average Bonchev–Trinajstić information content (AvgIpc) is 3.22. The summed E-state index contributed by atoms with van der Waals surface area (Å²) in [5, 5.41) is 14.9. The maximum absolute atomic E-state index is 10.4. The van der Waals surface area contributed by atoms with E-state index in [1.807, 2.05) is 30.8 Å². The molecule has 7 nitrogen and oxygen atoms in total. The number of aromatic nitrogens is 4. The monoisotopic (exact) mass is 343 g/mol. The van der Waals surface area contributed by atoms with E-state index in [4.69, 9.17) is 9.72 Å². The van der Waals surface area contributed by atoms with Crippen molar-refractivity contribution >= 4 is 5.82 Å². The molecule has 134 valence electrons. The molecule has 4 heterocycles. The normalized spacial score (nSPS) is 27.0. The molecule has 0 spiro atoms. The van der Waals surface area contributed by atoms with Crippen LogP contribution in [0.1, 0.15) is 30.7 Å². The summed E-state index contributed by atoms with van der Waals surface area (Å²) in [6, 6.07) is 2.28. The van der Waals surface area contributed by atoms with E-state index in [1.165, 1.54) is 0 Å². The first-order valence-corrected chi connectivity index (χ1v) is 9.01. The number of aliphatic hydroxyl groups is 1. The molecule has 2 aromatic rings. The largest absolute Gasteiger partial charge is 0.393 e. The molecule has 2 saturated heterocycles. The molecule has 2 fully saturated rings. The average molecular weight is 343 g/mol. The lowest BCUT2D eigenvalue weighted by Crippen LogP contribution is -2.46. The van der Waals surface area contributed by atoms with Crippen LogP contribution in [-0.2, 0) is 4.74 Å². The second-order valence-corrected chi connectivity index (χ2v) is 7.07. The van der Waals surface area contributed by atoms with Crippen LogP contribution in [0.5, 0.6) is 0 Å². The van der Waals surface area contributed by atoms with Gasteiger partial charge in [0, 0.05) is 30.8 Å². The molecule has 25 heavy (non-hydrogen) atoms. The zero-order valence-corrected chi connectivity index (χ0v) is 14.8. The summed E-state index contributed by atoms with van der Waals surface area (Å²) < 4.78 is 7.45. The van der Waals surface area contributed by atoms with Crippen molar-refractivity contribution in [2.45, 2.75) is 45.3 Å². The third kappa shape index (κ3) is 3.14. The van der Waals surface area contributed by atoms with Crippen molar-refractivity contribution in [2.75, 3.05) is 24.7 Å². The van der Waals surface area contributed by atoms with E-state index in [0.29, 0.717) is 19.6 Å². The van der Waals surface area contributed by atoms with Gasteiger partial charge in [-0.05, 0) is 39.2 Å². The van der Waals surface area contributed by atoms with E-state index in [9.17, 15) is 5.11 Å². The van der Waals surface area contributed by atoms with Crippen LogP contribution in [0.15, 0.2) is 18.5 Å². The highest BCUT2D eigenvalue weighted by Crippen LogP contribution is 2.32. The van der Waals surface area contributed by atoms with E-state index in [2.05, 4.69) is 15.0 Å². The van der Waals surface area contributed by atoms with Gasteiger partial charge in [-0.2, -0.15) is 5.10 Å². The minimum atomic E-state index is -0.300. The van der Waals surface area contributed by atoms with Crippen LogP contribution >= 0.6 is 0 Å². The molecule has 4 rings (SSSR count). The van der Waals surface area contributed by atoms with Crippen LogP contribution in [0.3, 0.4) is 0 Å². The van der Waals surface area contributed by atoms with Gasteiger partial charge in [-0.25, -0.2) is 9.67 Å². The maximum atomic E-state index is 10.4. The highest BCUT2D eigenvalue weighted by Gasteiger charge is 2.38. The van der Waals surface area contributed by atoms with Gasteiger partial charge in [0.25, 0.3) is 0 Å². The van der Waals surface area contributed by atoms with Gasteiger partial charge >= 0.3 is 0 Å². The van der Waals surface area contributed by atoms with Gasteiger partial charge in [-0.3, -0.25) is 4.98 Å². The second kappa shape index (κ2) is 6.72. The molecule has 0 radical (unpaired) electrons. The molecule has 0 amide bonds. The molecule has 7 heteroatoms. The third-order valence-corrected chi connectivity index (χ3v) is 5.29. The van der Waals surface area contributed by atoms with Crippen LogP contribution in [0.2, 0.25) is 0 Å². The van der Waals surface area contributed by atoms with Gasteiger partial charge in [0.05, 0.1) is 30.8 Å². The van der Waals surface area contributed by atoms with Crippen molar-refractivity contribution in [2.24, 2.45) is 5.92 Å². The number of nitrogens with zero attached hydrogens (tertiary/aromatic N) is 5. The minimum Gasteiger partial charge on any atom is -0.393 e. The molecule has 0 bridgehead atoms. The third-order valence-electron chi connectivity index (χ3n) is 5.29. The van der Waals surface area contributed by atoms with Crippen LogP contribution in [0.4, 0.5) is 5.82 Å². The fourth-order valence-corrected chi connectivity index (χ4v) is 4.09. The minimum absolute atomic E-state index is 0.135. The molecule has 0 aliphatic carbocycles. The van der Waals surface area contributed by atoms with Gasteiger partial charge in [0.2, 0.25) is 0 Å². The molecule has 2 aromatic heterocycles. The molecule has 0 unspecified atom stereocenters. The van der Waals surface area contributed by atoms with Crippen molar-refractivity contribution in [1.29, 1.82) is 0 Å². The van der Waals surface area contributed by atoms with Crippen LogP contribution in [0, 0.1) is 19.8 Å². The van der Waals surface area contributed by atoms with Crippen molar-refractivity contribution in [3.8, 4) is 5.82 Å². The Hall–Kier alpha value is -1.99. The fraction of sp³-hybridized carbons (Fsp3) is 0.611. The molecule has 2 aliphatic heterocycles. The van der Waals surface area contributed by atoms with Gasteiger partial charge in [-0.1, -0.05) is 0 Å². The Balaban J connectivity index is 1.62. The Morgan fingerprint density at radius 3 is 2.80 bits per heavy atom. The van der Waals surface area contributed by atoms with E-state index < -0.39 is 0 Å². The van der Waals surface area contributed by atoms with Gasteiger partial charge in [0.15, 0.2) is 5.82 Å². The molecule has 2 aliphatic rings. The Labute approximate surface area is 147 Å². The summed E-state index contributed by atoms with van der Waals surface area (Å²) >= 11 is 0. The van der Waals surface area contributed by atoms with Crippen LogP contribution in [0.25, 0.3) is 5.82 Å². The molecular weight excluding hydrogens is 318 g/mol. The fourth-order valence-electron chi connectivity index (χ4n) is 4.09. The van der Waals surface area contributed by atoms with Gasteiger partial charge in [-0.15, -0.1) is 0 Å². The van der Waals surface area contributed by atoms with Crippen LogP contribution < -0.4 is 4.90 Å². The molecule has 0 saturated carbocycles. The molecule has 3 atom stereocenters. The zero-order chi connectivity index (χ0) is 17.4. The lowest BCUT2D eigenvalue weighted by molar-refractivity contribution is -0.0438. The van der Waals surface area contributed by atoms with Crippen molar-refractivity contribution in [1.82, 2.24) is 19.7 Å². The number of hydrogen-bond donors (Lipinski definition) is 1. The summed E-state index contributed by atoms with van der Waals surface area (Å²) in [6.45, 7) is 6.19. The van der Waals surface area contributed by atoms with E-state index in [-0.39, 0.29) is 18.1 Å². The summed E-state index contributed by atoms with van der Waals surface area (Å²) in [6.07, 6.45) is 6.12. The molecular formula is C18H25N5O2. The van der Waals surface area contributed by atoms with E-state index in [1.54, 1.807) is 6.20 Å². The number of aliphatic hydroxyl groups excluding tert-OH is 1. The quantitative estimate of drug-likeness (QED) is 0.913. The van der Waals surface area contributed by atoms with Crippen molar-refractivity contribution in [3.05, 3.63) is 29.8 Å². The van der Waals surface area contributed by atoms with Gasteiger partial charge in [0.1, 0.15) is 5.82 Å². The summed E-state index contributed by atoms with van der Waals surface area (Å²) in [5.74, 6) is 1.72. The summed E-state index contributed by atoms with van der Waals surface area (Å²) in [4.78, 5) is 11.5. The smallest absolute Gasteiger partial charge is 0.174 e. The number of hydrogen-bond acceptors (Lipinski definition) is 6. The molecule has 1 N–H and O–H groups in total. The van der Waals surface area contributed by atoms with E-state index in [0.717, 1.165) is 42.4 Å². The highest BCUT2D eigenvalue weighted by atomic mass is 16.5. The predicted molar refractivity (Wildman–Crippen MR) is 93.9 cm³/mol. The topological polar surface area (TPSA) is 76.3 Å². The second-order valence-electron chi connectivity index (χ2n) is 7.07.